The van der Waals surface area contributed by atoms with E-state index >= 15 is 0 Å². The predicted molar refractivity (Wildman–Crippen MR) is 103 cm³/mol. The topological polar surface area (TPSA) is 73.6 Å². The van der Waals surface area contributed by atoms with Gasteiger partial charge in [0.1, 0.15) is 18.2 Å². The summed E-state index contributed by atoms with van der Waals surface area (Å²) in [4.78, 5) is 16.4. The van der Waals surface area contributed by atoms with Crippen LogP contribution in [0.25, 0.3) is 11.5 Å². The molecule has 0 atom stereocenters. The van der Waals surface area contributed by atoms with Crippen LogP contribution in [0.2, 0.25) is 5.02 Å². The Kier molecular flexibility index (Phi) is 5.03. The summed E-state index contributed by atoms with van der Waals surface area (Å²) in [5.41, 5.74) is -0.0225. The second-order valence-electron chi connectivity index (χ2n) is 8.89. The Balaban J connectivity index is 1.08. The van der Waals surface area contributed by atoms with Crippen LogP contribution in [0.3, 0.4) is 0 Å². The Morgan fingerprint density at radius 2 is 1.97 bits per heavy atom. The second-order valence-corrected chi connectivity index (χ2v) is 9.29. The van der Waals surface area contributed by atoms with Gasteiger partial charge in [-0.25, -0.2) is 9.37 Å². The molecular formula is C21H19ClF4N2O4. The van der Waals surface area contributed by atoms with Crippen molar-refractivity contribution in [2.24, 2.45) is 0 Å². The van der Waals surface area contributed by atoms with E-state index in [1.807, 2.05) is 0 Å². The summed E-state index contributed by atoms with van der Waals surface area (Å²) >= 11 is 5.71. The van der Waals surface area contributed by atoms with E-state index in [1.165, 1.54) is 12.1 Å². The summed E-state index contributed by atoms with van der Waals surface area (Å²) in [6.45, 7) is -0.202. The zero-order chi connectivity index (χ0) is 22.7. The van der Waals surface area contributed by atoms with Gasteiger partial charge in [0.2, 0.25) is 11.8 Å². The maximum Gasteiger partial charge on any atom is 0.522 e. The van der Waals surface area contributed by atoms with Gasteiger partial charge in [0, 0.05) is 29.4 Å². The van der Waals surface area contributed by atoms with Gasteiger partial charge in [0.05, 0.1) is 23.4 Å². The molecule has 4 aliphatic carbocycles. The Labute approximate surface area is 185 Å². The molecule has 6 rings (SSSR count). The van der Waals surface area contributed by atoms with Crippen molar-refractivity contribution in [1.82, 2.24) is 10.3 Å². The maximum atomic E-state index is 13.7. The SMILES string of the molecule is O=C(COC1CC(OC(F)(F)F)C1)NC12CC(c3cnc(-c4ccc(Cl)c(F)c4)o3)(C1)C2. The molecule has 172 valence electrons. The third-order valence-electron chi connectivity index (χ3n) is 6.43. The molecule has 4 saturated carbocycles. The fourth-order valence-electron chi connectivity index (χ4n) is 4.93. The summed E-state index contributed by atoms with van der Waals surface area (Å²) in [5, 5.41) is 2.98. The van der Waals surface area contributed by atoms with Crippen molar-refractivity contribution in [3.63, 3.8) is 0 Å². The number of halogens is 5. The van der Waals surface area contributed by atoms with Crippen LogP contribution in [-0.4, -0.2) is 41.6 Å². The third-order valence-corrected chi connectivity index (χ3v) is 6.74. The number of hydrogen-bond donors (Lipinski definition) is 1. The molecule has 2 aromatic rings. The smallest absolute Gasteiger partial charge is 0.441 e. The fourth-order valence-corrected chi connectivity index (χ4v) is 5.05. The number of oxazole rings is 1. The van der Waals surface area contributed by atoms with Gasteiger partial charge in [-0.05, 0) is 37.5 Å². The highest BCUT2D eigenvalue weighted by Gasteiger charge is 2.70. The number of rotatable bonds is 7. The van der Waals surface area contributed by atoms with Crippen LogP contribution in [0.4, 0.5) is 17.6 Å². The number of carbonyl (C=O) groups is 1. The van der Waals surface area contributed by atoms with Crippen molar-refractivity contribution in [1.29, 1.82) is 0 Å². The molecule has 1 aromatic carbocycles. The van der Waals surface area contributed by atoms with Crippen LogP contribution in [0.5, 0.6) is 0 Å². The third kappa shape index (κ3) is 3.99. The van der Waals surface area contributed by atoms with Crippen LogP contribution in [0, 0.1) is 5.82 Å². The van der Waals surface area contributed by atoms with Crippen LogP contribution in [-0.2, 0) is 19.7 Å². The van der Waals surface area contributed by atoms with Gasteiger partial charge in [-0.3, -0.25) is 9.53 Å². The van der Waals surface area contributed by atoms with E-state index in [1.54, 1.807) is 12.3 Å². The van der Waals surface area contributed by atoms with E-state index in [9.17, 15) is 22.4 Å². The van der Waals surface area contributed by atoms with Crippen molar-refractivity contribution >= 4 is 17.5 Å². The molecule has 0 spiro atoms. The molecule has 4 aliphatic rings. The largest absolute Gasteiger partial charge is 0.522 e. The number of carbonyl (C=O) groups excluding carboxylic acids is 1. The Morgan fingerprint density at radius 3 is 2.62 bits per heavy atom. The number of hydrogen-bond acceptors (Lipinski definition) is 5. The number of alkyl halides is 3. The summed E-state index contributed by atoms with van der Waals surface area (Å²) in [6, 6.07) is 4.34. The minimum atomic E-state index is -4.65. The predicted octanol–water partition coefficient (Wildman–Crippen LogP) is 4.51. The zero-order valence-corrected chi connectivity index (χ0v) is 17.4. The highest BCUT2D eigenvalue weighted by atomic mass is 35.5. The molecule has 0 unspecified atom stereocenters. The monoisotopic (exact) mass is 474 g/mol. The Bertz CT molecular complexity index is 1030. The molecule has 0 radical (unpaired) electrons. The standard InChI is InChI=1S/C21H19ClF4N2O4/c22-14-2-1-11(3-15(14)23)18-27-6-16(31-18)19-8-20(9-19,10-19)28-17(29)7-30-12-4-13(5-12)32-21(24,25)26/h1-3,6,12-13H,4-5,7-10H2,(H,28,29). The normalized spacial score (nSPS) is 30.8. The Morgan fingerprint density at radius 1 is 1.25 bits per heavy atom. The average molecular weight is 475 g/mol. The van der Waals surface area contributed by atoms with E-state index < -0.39 is 24.4 Å². The first-order valence-corrected chi connectivity index (χ1v) is 10.5. The van der Waals surface area contributed by atoms with Gasteiger partial charge in [0.25, 0.3) is 0 Å². The van der Waals surface area contributed by atoms with Crippen molar-refractivity contribution in [2.75, 3.05) is 6.61 Å². The molecule has 4 fully saturated rings. The Hall–Kier alpha value is -2.17. The lowest BCUT2D eigenvalue weighted by atomic mass is 9.38. The van der Waals surface area contributed by atoms with E-state index in [0.29, 0.717) is 36.5 Å². The number of ether oxygens (including phenoxy) is 2. The summed E-state index contributed by atoms with van der Waals surface area (Å²) in [5.74, 6) is 0.150. The molecule has 32 heavy (non-hydrogen) atoms. The lowest BCUT2D eigenvalue weighted by molar-refractivity contribution is -0.357. The van der Waals surface area contributed by atoms with E-state index in [0.717, 1.165) is 0 Å². The molecule has 6 nitrogen and oxygen atoms in total. The summed E-state index contributed by atoms with van der Waals surface area (Å²) in [7, 11) is 0. The number of nitrogens with zero attached hydrogens (tertiary/aromatic N) is 1. The molecule has 0 aliphatic heterocycles. The van der Waals surface area contributed by atoms with Gasteiger partial charge in [-0.2, -0.15) is 0 Å². The van der Waals surface area contributed by atoms with Gasteiger partial charge in [0.15, 0.2) is 0 Å². The molecule has 11 heteroatoms. The number of nitrogens with one attached hydrogen (secondary N) is 1. The molecule has 2 bridgehead atoms. The zero-order valence-electron chi connectivity index (χ0n) is 16.7. The molecule has 1 aromatic heterocycles. The first-order valence-electron chi connectivity index (χ1n) is 10.1. The number of amides is 1. The van der Waals surface area contributed by atoms with Crippen molar-refractivity contribution < 1.29 is 36.2 Å². The van der Waals surface area contributed by atoms with Crippen LogP contribution < -0.4 is 5.32 Å². The van der Waals surface area contributed by atoms with Crippen molar-refractivity contribution in [2.45, 2.75) is 61.6 Å². The quantitative estimate of drug-likeness (QED) is 0.598. The van der Waals surface area contributed by atoms with Gasteiger partial charge >= 0.3 is 6.36 Å². The van der Waals surface area contributed by atoms with Gasteiger partial charge in [-0.1, -0.05) is 11.6 Å². The van der Waals surface area contributed by atoms with Gasteiger partial charge in [-0.15, -0.1) is 13.2 Å². The van der Waals surface area contributed by atoms with E-state index in [2.05, 4.69) is 15.0 Å². The number of benzene rings is 1. The van der Waals surface area contributed by atoms with Crippen molar-refractivity contribution in [3.05, 3.63) is 41.0 Å². The second kappa shape index (κ2) is 7.43. The average Bonchev–Trinajstić information content (AvgIpc) is 3.10. The minimum Gasteiger partial charge on any atom is -0.441 e. The molecule has 1 N–H and O–H groups in total. The lowest BCUT2D eigenvalue weighted by Crippen LogP contribution is -2.76. The fraction of sp³-hybridized carbons (Fsp3) is 0.524. The van der Waals surface area contributed by atoms with E-state index in [-0.39, 0.29) is 41.3 Å². The van der Waals surface area contributed by atoms with Crippen LogP contribution in [0.1, 0.15) is 37.9 Å². The number of aromatic nitrogens is 1. The molecule has 0 saturated heterocycles. The molecule has 1 heterocycles. The highest BCUT2D eigenvalue weighted by Crippen LogP contribution is 2.68. The summed E-state index contributed by atoms with van der Waals surface area (Å²) < 4.78 is 65.2. The van der Waals surface area contributed by atoms with Crippen molar-refractivity contribution in [3.8, 4) is 11.5 Å². The molecular weight excluding hydrogens is 456 g/mol. The lowest BCUT2D eigenvalue weighted by Gasteiger charge is -2.69. The summed E-state index contributed by atoms with van der Waals surface area (Å²) in [6.07, 6.45) is -2.01. The highest BCUT2D eigenvalue weighted by molar-refractivity contribution is 6.30. The van der Waals surface area contributed by atoms with Gasteiger partial charge < -0.3 is 14.5 Å². The van der Waals surface area contributed by atoms with Crippen LogP contribution in [0.15, 0.2) is 28.8 Å². The van der Waals surface area contributed by atoms with Crippen LogP contribution >= 0.6 is 11.6 Å². The molecule has 1 amide bonds. The minimum absolute atomic E-state index is 0.0216. The van der Waals surface area contributed by atoms with E-state index in [4.69, 9.17) is 20.8 Å². The maximum absolute atomic E-state index is 13.7. The first kappa shape index (κ1) is 21.7. The first-order chi connectivity index (χ1) is 15.0.